The van der Waals surface area contributed by atoms with Crippen molar-refractivity contribution < 1.29 is 19.2 Å². The van der Waals surface area contributed by atoms with Crippen molar-refractivity contribution in [3.05, 3.63) is 29.6 Å². The summed E-state index contributed by atoms with van der Waals surface area (Å²) in [5.74, 6) is 2.75. The molecule has 9 heteroatoms. The first-order valence-electron chi connectivity index (χ1n) is 10.5. The molecule has 0 saturated carbocycles. The van der Waals surface area contributed by atoms with Crippen molar-refractivity contribution in [2.75, 3.05) is 26.6 Å². The molecule has 1 atom stereocenters. The Hall–Kier alpha value is -2.26. The van der Waals surface area contributed by atoms with Crippen molar-refractivity contribution in [2.45, 2.75) is 57.4 Å². The van der Waals surface area contributed by atoms with E-state index < -0.39 is 0 Å². The maximum absolute atomic E-state index is 12.4. The molecule has 3 rings (SSSR count). The van der Waals surface area contributed by atoms with Crippen LogP contribution in [0.3, 0.4) is 0 Å². The summed E-state index contributed by atoms with van der Waals surface area (Å²) < 4.78 is 12.9. The van der Waals surface area contributed by atoms with Gasteiger partial charge in [0.2, 0.25) is 12.7 Å². The number of carbonyl (C=O) groups excluding carboxylic acids is 1. The number of fused-ring (bicyclic) bond motifs is 1. The van der Waals surface area contributed by atoms with E-state index in [1.165, 1.54) is 16.7 Å². The van der Waals surface area contributed by atoms with Gasteiger partial charge in [0.05, 0.1) is 19.8 Å². The Labute approximate surface area is 182 Å². The molecule has 0 fully saturated rings. The maximum Gasteiger partial charge on any atom is 0.231 e. The van der Waals surface area contributed by atoms with Gasteiger partial charge >= 0.3 is 0 Å². The van der Waals surface area contributed by atoms with Gasteiger partial charge in [-0.1, -0.05) is 38.1 Å². The predicted molar refractivity (Wildman–Crippen MR) is 116 cm³/mol. The number of quaternary nitrogens is 1. The number of nitrogens with zero attached hydrogens (tertiary/aromatic N) is 3. The smallest absolute Gasteiger partial charge is 0.231 e. The average Bonchev–Trinajstić information content (AvgIpc) is 3.36. The van der Waals surface area contributed by atoms with Gasteiger partial charge < -0.3 is 24.3 Å². The normalized spacial score (nSPS) is 13.6. The summed E-state index contributed by atoms with van der Waals surface area (Å²) in [7, 11) is 4.28. The summed E-state index contributed by atoms with van der Waals surface area (Å²) in [6.45, 7) is 5.92. The number of thioether (sulfide) groups is 1. The van der Waals surface area contributed by atoms with E-state index in [0.717, 1.165) is 53.9 Å². The molecule has 0 bridgehead atoms. The third-order valence-electron chi connectivity index (χ3n) is 5.16. The molecule has 0 radical (unpaired) electrons. The molecule has 2 heterocycles. The van der Waals surface area contributed by atoms with Crippen LogP contribution < -0.4 is 19.7 Å². The Kier molecular flexibility index (Phi) is 7.98. The molecule has 8 nitrogen and oxygen atoms in total. The van der Waals surface area contributed by atoms with E-state index in [2.05, 4.69) is 48.0 Å². The second kappa shape index (κ2) is 10.7. The van der Waals surface area contributed by atoms with Crippen molar-refractivity contribution in [1.82, 2.24) is 20.1 Å². The Morgan fingerprint density at radius 2 is 2.07 bits per heavy atom. The number of unbranched alkanes of at least 4 members (excludes halogenated alkanes) is 1. The number of aromatic nitrogens is 3. The van der Waals surface area contributed by atoms with Crippen LogP contribution in [0.25, 0.3) is 0 Å². The molecule has 1 aliphatic heterocycles. The monoisotopic (exact) mass is 434 g/mol. The molecule has 2 aromatic rings. The lowest BCUT2D eigenvalue weighted by molar-refractivity contribution is -0.893. The van der Waals surface area contributed by atoms with E-state index in [0.29, 0.717) is 18.3 Å². The van der Waals surface area contributed by atoms with Gasteiger partial charge in [-0.15, -0.1) is 10.2 Å². The van der Waals surface area contributed by atoms with E-state index in [9.17, 15) is 4.79 Å². The van der Waals surface area contributed by atoms with Crippen molar-refractivity contribution in [1.29, 1.82) is 0 Å². The largest absolute Gasteiger partial charge is 0.454 e. The lowest BCUT2D eigenvalue weighted by Gasteiger charge is -2.20. The Balaban J connectivity index is 1.58. The van der Waals surface area contributed by atoms with E-state index in [1.807, 2.05) is 18.2 Å². The molecule has 0 spiro atoms. The molecule has 2 N–H and O–H groups in total. The lowest BCUT2D eigenvalue weighted by Crippen LogP contribution is -3.06. The molecule has 1 amide bonds. The standard InChI is InChI=1S/C21H31N5O3S/c1-5-7-10-26-20(16(6-2)25(3)4)23-24-21(26)30-13-19(27)22-12-15-8-9-17-18(11-15)29-14-28-17/h8-9,11,16H,5-7,10,12-14H2,1-4H3,(H,22,27)/p+1/t16-/m0/s1. The minimum absolute atomic E-state index is 0.0328. The minimum atomic E-state index is -0.0328. The van der Waals surface area contributed by atoms with E-state index >= 15 is 0 Å². The molecule has 0 saturated heterocycles. The van der Waals surface area contributed by atoms with Crippen LogP contribution in [0.5, 0.6) is 11.5 Å². The lowest BCUT2D eigenvalue weighted by atomic mass is 10.2. The van der Waals surface area contributed by atoms with Crippen LogP contribution in [0.2, 0.25) is 0 Å². The molecule has 164 valence electrons. The molecule has 0 unspecified atom stereocenters. The Morgan fingerprint density at radius 1 is 1.27 bits per heavy atom. The zero-order valence-corrected chi connectivity index (χ0v) is 19.1. The summed E-state index contributed by atoms with van der Waals surface area (Å²) in [5, 5.41) is 12.7. The van der Waals surface area contributed by atoms with Gasteiger partial charge in [0, 0.05) is 19.5 Å². The number of rotatable bonds is 11. The quantitative estimate of drug-likeness (QED) is 0.525. The number of carbonyl (C=O) groups is 1. The van der Waals surface area contributed by atoms with Crippen LogP contribution in [0.1, 0.15) is 50.5 Å². The number of benzene rings is 1. The third-order valence-corrected chi connectivity index (χ3v) is 6.12. The van der Waals surface area contributed by atoms with Crippen molar-refractivity contribution in [3.63, 3.8) is 0 Å². The van der Waals surface area contributed by atoms with Crippen LogP contribution >= 0.6 is 11.8 Å². The number of ether oxygens (including phenoxy) is 2. The fourth-order valence-electron chi connectivity index (χ4n) is 3.47. The molecule has 1 aliphatic rings. The van der Waals surface area contributed by atoms with Crippen LogP contribution in [0.4, 0.5) is 0 Å². The van der Waals surface area contributed by atoms with Gasteiger partial charge in [0.25, 0.3) is 0 Å². The summed E-state index contributed by atoms with van der Waals surface area (Å²) >= 11 is 1.44. The van der Waals surface area contributed by atoms with Gasteiger partial charge in [0.15, 0.2) is 22.5 Å². The summed E-state index contributed by atoms with van der Waals surface area (Å²) in [6.07, 6.45) is 3.16. The number of amides is 1. The van der Waals surface area contributed by atoms with Gasteiger partial charge in [0.1, 0.15) is 6.04 Å². The number of hydrogen-bond donors (Lipinski definition) is 2. The van der Waals surface area contributed by atoms with Crippen LogP contribution in [-0.2, 0) is 17.9 Å². The highest BCUT2D eigenvalue weighted by Crippen LogP contribution is 2.32. The topological polar surface area (TPSA) is 82.7 Å². The zero-order chi connectivity index (χ0) is 21.5. The fourth-order valence-corrected chi connectivity index (χ4v) is 4.27. The maximum atomic E-state index is 12.4. The number of nitrogens with one attached hydrogen (secondary N) is 2. The van der Waals surface area contributed by atoms with Crippen LogP contribution in [0.15, 0.2) is 23.4 Å². The first-order chi connectivity index (χ1) is 14.5. The Bertz CT molecular complexity index is 855. The average molecular weight is 435 g/mol. The van der Waals surface area contributed by atoms with Crippen LogP contribution in [-0.4, -0.2) is 47.3 Å². The molecule has 0 aliphatic carbocycles. The highest BCUT2D eigenvalue weighted by Gasteiger charge is 2.25. The second-order valence-electron chi connectivity index (χ2n) is 7.64. The summed E-state index contributed by atoms with van der Waals surface area (Å²) in [4.78, 5) is 13.7. The third kappa shape index (κ3) is 5.46. The van der Waals surface area contributed by atoms with E-state index in [4.69, 9.17) is 9.47 Å². The van der Waals surface area contributed by atoms with Crippen molar-refractivity contribution >= 4 is 17.7 Å². The first kappa shape index (κ1) is 22.4. The zero-order valence-electron chi connectivity index (χ0n) is 18.2. The number of hydrogen-bond acceptors (Lipinski definition) is 6. The van der Waals surface area contributed by atoms with Gasteiger partial charge in [-0.25, -0.2) is 0 Å². The van der Waals surface area contributed by atoms with E-state index in [-0.39, 0.29) is 12.7 Å². The van der Waals surface area contributed by atoms with Gasteiger partial charge in [-0.2, -0.15) is 0 Å². The molecular formula is C21H32N5O3S+. The van der Waals surface area contributed by atoms with Gasteiger partial charge in [-0.3, -0.25) is 4.79 Å². The summed E-state index contributed by atoms with van der Waals surface area (Å²) in [6, 6.07) is 6.00. The summed E-state index contributed by atoms with van der Waals surface area (Å²) in [5.41, 5.74) is 0.978. The highest BCUT2D eigenvalue weighted by molar-refractivity contribution is 7.99. The van der Waals surface area contributed by atoms with Crippen LogP contribution in [0, 0.1) is 0 Å². The predicted octanol–water partition coefficient (Wildman–Crippen LogP) is 1.81. The SMILES string of the molecule is CCCCn1c(SCC(=O)NCc2ccc3c(c2)OCO3)nnc1[C@H](CC)[NH+](C)C. The molecular weight excluding hydrogens is 402 g/mol. The molecule has 1 aromatic heterocycles. The minimum Gasteiger partial charge on any atom is -0.454 e. The van der Waals surface area contributed by atoms with Gasteiger partial charge in [-0.05, 0) is 24.1 Å². The van der Waals surface area contributed by atoms with Crippen molar-refractivity contribution in [3.8, 4) is 11.5 Å². The molecule has 30 heavy (non-hydrogen) atoms. The first-order valence-corrected chi connectivity index (χ1v) is 11.5. The highest BCUT2D eigenvalue weighted by atomic mass is 32.2. The Morgan fingerprint density at radius 3 is 2.80 bits per heavy atom. The van der Waals surface area contributed by atoms with E-state index in [1.54, 1.807) is 0 Å². The second-order valence-corrected chi connectivity index (χ2v) is 8.58. The fraction of sp³-hybridized carbons (Fsp3) is 0.571. The molecule has 1 aromatic carbocycles. The van der Waals surface area contributed by atoms with Crippen molar-refractivity contribution in [2.24, 2.45) is 0 Å².